The number of nitrogens with zero attached hydrogens (tertiary/aromatic N) is 1. The minimum absolute atomic E-state index is 0.586. The van der Waals surface area contributed by atoms with Gasteiger partial charge in [0.25, 0.3) is 0 Å². The van der Waals surface area contributed by atoms with Crippen LogP contribution in [0.5, 0.6) is 0 Å². The molecule has 0 saturated heterocycles. The lowest BCUT2D eigenvalue weighted by Gasteiger charge is -2.19. The van der Waals surface area contributed by atoms with Gasteiger partial charge < -0.3 is 10.2 Å². The molecule has 1 atom stereocenters. The van der Waals surface area contributed by atoms with E-state index >= 15 is 0 Å². The van der Waals surface area contributed by atoms with Gasteiger partial charge in [0.1, 0.15) is 0 Å². The summed E-state index contributed by atoms with van der Waals surface area (Å²) in [7, 11) is 4.26. The maximum atomic E-state index is 3.60. The second-order valence-corrected chi connectivity index (χ2v) is 6.10. The Labute approximate surface area is 111 Å². The summed E-state index contributed by atoms with van der Waals surface area (Å²) in [6.45, 7) is 4.36. The Bertz CT molecular complexity index is 299. The molecule has 0 saturated carbocycles. The standard InChI is InChI=1S/C12H21BrN2S/c1-4-14-10(5-7-15(2)3)9-12-11(13)6-8-16-12/h6,8,10,14H,4-5,7,9H2,1-3H3. The minimum atomic E-state index is 0.586. The zero-order chi connectivity index (χ0) is 12.0. The van der Waals surface area contributed by atoms with Gasteiger partial charge in [0.2, 0.25) is 0 Å². The molecule has 1 heterocycles. The van der Waals surface area contributed by atoms with Gasteiger partial charge in [-0.05, 0) is 67.4 Å². The van der Waals surface area contributed by atoms with Gasteiger partial charge in [-0.2, -0.15) is 0 Å². The number of nitrogens with one attached hydrogen (secondary N) is 1. The highest BCUT2D eigenvalue weighted by atomic mass is 79.9. The Balaban J connectivity index is 2.47. The second-order valence-electron chi connectivity index (χ2n) is 4.24. The van der Waals surface area contributed by atoms with Gasteiger partial charge in [-0.15, -0.1) is 11.3 Å². The van der Waals surface area contributed by atoms with Gasteiger partial charge in [0, 0.05) is 15.4 Å². The van der Waals surface area contributed by atoms with Gasteiger partial charge in [0.15, 0.2) is 0 Å². The fourth-order valence-corrected chi connectivity index (χ4v) is 3.27. The maximum Gasteiger partial charge on any atom is 0.0314 e. The number of rotatable bonds is 7. The Morgan fingerprint density at radius 2 is 2.25 bits per heavy atom. The third-order valence-electron chi connectivity index (χ3n) is 2.54. The van der Waals surface area contributed by atoms with Crippen LogP contribution >= 0.6 is 27.3 Å². The molecule has 0 radical (unpaired) electrons. The molecule has 0 fully saturated rings. The first-order valence-corrected chi connectivity index (χ1v) is 7.40. The molecule has 16 heavy (non-hydrogen) atoms. The molecule has 0 aromatic carbocycles. The van der Waals surface area contributed by atoms with Crippen LogP contribution in [0.2, 0.25) is 0 Å². The van der Waals surface area contributed by atoms with Crippen LogP contribution in [0.15, 0.2) is 15.9 Å². The predicted octanol–water partition coefficient (Wildman–Crippen LogP) is 2.98. The molecular weight excluding hydrogens is 284 g/mol. The van der Waals surface area contributed by atoms with Crippen LogP contribution in [0, 0.1) is 0 Å². The SMILES string of the molecule is CCNC(CCN(C)C)Cc1sccc1Br. The van der Waals surface area contributed by atoms with Crippen molar-refractivity contribution in [3.8, 4) is 0 Å². The van der Waals surface area contributed by atoms with Crippen LogP contribution in [0.25, 0.3) is 0 Å². The van der Waals surface area contributed by atoms with Gasteiger partial charge in [0.05, 0.1) is 0 Å². The van der Waals surface area contributed by atoms with Crippen LogP contribution in [0.3, 0.4) is 0 Å². The number of halogens is 1. The van der Waals surface area contributed by atoms with Crippen molar-refractivity contribution in [1.82, 2.24) is 10.2 Å². The quantitative estimate of drug-likeness (QED) is 0.833. The molecule has 1 N–H and O–H groups in total. The Morgan fingerprint density at radius 1 is 1.50 bits per heavy atom. The van der Waals surface area contributed by atoms with Crippen LogP contribution in [0.1, 0.15) is 18.2 Å². The molecule has 1 rings (SSSR count). The molecule has 4 heteroatoms. The van der Waals surface area contributed by atoms with Gasteiger partial charge >= 0.3 is 0 Å². The summed E-state index contributed by atoms with van der Waals surface area (Å²) in [5, 5.41) is 5.71. The predicted molar refractivity (Wildman–Crippen MR) is 76.4 cm³/mol. The summed E-state index contributed by atoms with van der Waals surface area (Å²) in [5.74, 6) is 0. The Hall–Kier alpha value is 0.100. The maximum absolute atomic E-state index is 3.60. The van der Waals surface area contributed by atoms with Crippen LogP contribution in [0.4, 0.5) is 0 Å². The van der Waals surface area contributed by atoms with E-state index in [4.69, 9.17) is 0 Å². The van der Waals surface area contributed by atoms with Crippen molar-refractivity contribution in [3.05, 3.63) is 20.8 Å². The highest BCUT2D eigenvalue weighted by Gasteiger charge is 2.11. The molecule has 0 aliphatic carbocycles. The lowest BCUT2D eigenvalue weighted by molar-refractivity contribution is 0.359. The highest BCUT2D eigenvalue weighted by Crippen LogP contribution is 2.24. The molecule has 2 nitrogen and oxygen atoms in total. The lowest BCUT2D eigenvalue weighted by Crippen LogP contribution is -2.33. The van der Waals surface area contributed by atoms with E-state index in [2.05, 4.69) is 58.6 Å². The minimum Gasteiger partial charge on any atom is -0.314 e. The van der Waals surface area contributed by atoms with Crippen LogP contribution in [-0.2, 0) is 6.42 Å². The summed E-state index contributed by atoms with van der Waals surface area (Å²) >= 11 is 5.44. The largest absolute Gasteiger partial charge is 0.314 e. The van der Waals surface area contributed by atoms with Crippen molar-refractivity contribution in [2.45, 2.75) is 25.8 Å². The molecule has 1 aromatic rings. The summed E-state index contributed by atoms with van der Waals surface area (Å²) in [6.07, 6.45) is 2.32. The number of thiophene rings is 1. The molecule has 1 unspecified atom stereocenters. The summed E-state index contributed by atoms with van der Waals surface area (Å²) in [4.78, 5) is 3.69. The lowest BCUT2D eigenvalue weighted by atomic mass is 10.1. The van der Waals surface area contributed by atoms with Crippen LogP contribution < -0.4 is 5.32 Å². The van der Waals surface area contributed by atoms with E-state index in [0.29, 0.717) is 6.04 Å². The fraction of sp³-hybridized carbons (Fsp3) is 0.667. The first-order chi connectivity index (χ1) is 7.63. The number of likely N-dealkylation sites (N-methyl/N-ethyl adjacent to an activating group) is 1. The van der Waals surface area contributed by atoms with Crippen molar-refractivity contribution in [2.24, 2.45) is 0 Å². The van der Waals surface area contributed by atoms with E-state index in [1.165, 1.54) is 15.8 Å². The summed E-state index contributed by atoms with van der Waals surface area (Å²) in [5.41, 5.74) is 0. The molecule has 1 aromatic heterocycles. The van der Waals surface area contributed by atoms with E-state index in [0.717, 1.165) is 19.5 Å². The van der Waals surface area contributed by atoms with Crippen molar-refractivity contribution in [3.63, 3.8) is 0 Å². The fourth-order valence-electron chi connectivity index (χ4n) is 1.67. The van der Waals surface area contributed by atoms with E-state index in [1.807, 2.05) is 11.3 Å². The Morgan fingerprint density at radius 3 is 2.75 bits per heavy atom. The van der Waals surface area contributed by atoms with E-state index in [1.54, 1.807) is 0 Å². The average molecular weight is 305 g/mol. The highest BCUT2D eigenvalue weighted by molar-refractivity contribution is 9.10. The monoisotopic (exact) mass is 304 g/mol. The van der Waals surface area contributed by atoms with E-state index in [9.17, 15) is 0 Å². The third kappa shape index (κ3) is 4.95. The normalized spacial score (nSPS) is 13.3. The smallest absolute Gasteiger partial charge is 0.0314 e. The summed E-state index contributed by atoms with van der Waals surface area (Å²) in [6, 6.07) is 2.72. The van der Waals surface area contributed by atoms with Gasteiger partial charge in [-0.3, -0.25) is 0 Å². The van der Waals surface area contributed by atoms with Crippen molar-refractivity contribution in [2.75, 3.05) is 27.2 Å². The molecule has 0 spiro atoms. The third-order valence-corrected chi connectivity index (χ3v) is 4.49. The van der Waals surface area contributed by atoms with Crippen molar-refractivity contribution < 1.29 is 0 Å². The number of hydrogen-bond acceptors (Lipinski definition) is 3. The number of hydrogen-bond donors (Lipinski definition) is 1. The topological polar surface area (TPSA) is 15.3 Å². The van der Waals surface area contributed by atoms with E-state index < -0.39 is 0 Å². The van der Waals surface area contributed by atoms with Crippen molar-refractivity contribution >= 4 is 27.3 Å². The molecule has 0 amide bonds. The average Bonchev–Trinajstić information content (AvgIpc) is 2.61. The first-order valence-electron chi connectivity index (χ1n) is 5.73. The molecule has 0 aliphatic heterocycles. The van der Waals surface area contributed by atoms with Gasteiger partial charge in [-0.1, -0.05) is 6.92 Å². The zero-order valence-electron chi connectivity index (χ0n) is 10.3. The molecule has 0 bridgehead atoms. The van der Waals surface area contributed by atoms with Gasteiger partial charge in [-0.25, -0.2) is 0 Å². The van der Waals surface area contributed by atoms with E-state index in [-0.39, 0.29) is 0 Å². The molecular formula is C12H21BrN2S. The Kier molecular flexibility index (Phi) is 6.58. The zero-order valence-corrected chi connectivity index (χ0v) is 12.7. The first kappa shape index (κ1) is 14.2. The molecule has 92 valence electrons. The van der Waals surface area contributed by atoms with Crippen molar-refractivity contribution in [1.29, 1.82) is 0 Å². The molecule has 0 aliphatic rings. The second kappa shape index (κ2) is 7.43. The summed E-state index contributed by atoms with van der Waals surface area (Å²) < 4.78 is 1.25. The van der Waals surface area contributed by atoms with Crippen LogP contribution in [-0.4, -0.2) is 38.1 Å².